The second-order valence-electron chi connectivity index (χ2n) is 8.33. The summed E-state index contributed by atoms with van der Waals surface area (Å²) in [6.45, 7) is 8.77. The van der Waals surface area contributed by atoms with Crippen molar-refractivity contribution < 1.29 is 0 Å². The summed E-state index contributed by atoms with van der Waals surface area (Å²) in [7, 11) is 0. The molecular formula is C24H31N5O. The van der Waals surface area contributed by atoms with E-state index in [0.29, 0.717) is 11.6 Å². The summed E-state index contributed by atoms with van der Waals surface area (Å²) in [6.07, 6.45) is 6.07. The van der Waals surface area contributed by atoms with E-state index in [4.69, 9.17) is 4.98 Å². The fourth-order valence-corrected chi connectivity index (χ4v) is 4.26. The highest BCUT2D eigenvalue weighted by Crippen LogP contribution is 2.25. The van der Waals surface area contributed by atoms with Crippen LogP contribution in [0.4, 0.5) is 17.3 Å². The van der Waals surface area contributed by atoms with Gasteiger partial charge in [0.15, 0.2) is 0 Å². The molecule has 1 aliphatic rings. The van der Waals surface area contributed by atoms with Gasteiger partial charge in [0.1, 0.15) is 5.65 Å². The van der Waals surface area contributed by atoms with Crippen LogP contribution in [0.25, 0.3) is 11.0 Å². The minimum atomic E-state index is -0.0129. The molecule has 0 spiro atoms. The van der Waals surface area contributed by atoms with E-state index in [2.05, 4.69) is 60.2 Å². The van der Waals surface area contributed by atoms with Gasteiger partial charge in [-0.05, 0) is 61.9 Å². The minimum Gasteiger partial charge on any atom is -0.372 e. The lowest BCUT2D eigenvalue weighted by Crippen LogP contribution is -2.32. The second-order valence-corrected chi connectivity index (χ2v) is 8.33. The van der Waals surface area contributed by atoms with Gasteiger partial charge in [0, 0.05) is 48.2 Å². The molecule has 0 unspecified atom stereocenters. The molecule has 0 radical (unpaired) electrons. The van der Waals surface area contributed by atoms with E-state index in [0.717, 1.165) is 42.9 Å². The molecule has 0 aliphatic carbocycles. The molecule has 4 rings (SSSR count). The van der Waals surface area contributed by atoms with Crippen molar-refractivity contribution in [1.82, 2.24) is 14.5 Å². The first-order valence-corrected chi connectivity index (χ1v) is 11.1. The fourth-order valence-electron chi connectivity index (χ4n) is 4.26. The highest BCUT2D eigenvalue weighted by molar-refractivity contribution is 5.76. The van der Waals surface area contributed by atoms with E-state index in [1.54, 1.807) is 18.3 Å². The van der Waals surface area contributed by atoms with Crippen LogP contribution in [-0.4, -0.2) is 27.6 Å². The number of nitrogens with one attached hydrogen (secondary N) is 1. The minimum absolute atomic E-state index is 0.0129. The summed E-state index contributed by atoms with van der Waals surface area (Å²) in [5.41, 5.74) is 2.87. The maximum absolute atomic E-state index is 12.5. The zero-order valence-electron chi connectivity index (χ0n) is 18.1. The predicted molar refractivity (Wildman–Crippen MR) is 124 cm³/mol. The van der Waals surface area contributed by atoms with Gasteiger partial charge < -0.3 is 10.2 Å². The molecule has 1 N–H and O–H groups in total. The van der Waals surface area contributed by atoms with Crippen molar-refractivity contribution in [3.63, 3.8) is 0 Å². The molecule has 6 nitrogen and oxygen atoms in total. The standard InChI is InChI=1S/C24H31N5O/c1-4-20(5-2)29-22(30)11-6-18-16-25-24(27-23(18)29)26-19-7-9-21(10-8-19)28-14-12-17(3)13-15-28/h6-11,16-17,20H,4-5,12-15H2,1-3H3,(H,25,26,27). The van der Waals surface area contributed by atoms with Crippen LogP contribution in [0.1, 0.15) is 52.5 Å². The lowest BCUT2D eigenvalue weighted by atomic mass is 9.99. The maximum atomic E-state index is 12.5. The number of nitrogens with zero attached hydrogens (tertiary/aromatic N) is 4. The Morgan fingerprint density at radius 3 is 2.43 bits per heavy atom. The lowest BCUT2D eigenvalue weighted by molar-refractivity contribution is 0.438. The number of pyridine rings is 1. The highest BCUT2D eigenvalue weighted by atomic mass is 16.1. The van der Waals surface area contributed by atoms with Crippen LogP contribution in [-0.2, 0) is 0 Å². The molecule has 0 amide bonds. The zero-order valence-corrected chi connectivity index (χ0v) is 18.1. The van der Waals surface area contributed by atoms with E-state index in [9.17, 15) is 4.79 Å². The third-order valence-corrected chi connectivity index (χ3v) is 6.25. The first-order chi connectivity index (χ1) is 14.6. The van der Waals surface area contributed by atoms with E-state index >= 15 is 0 Å². The Morgan fingerprint density at radius 2 is 1.77 bits per heavy atom. The van der Waals surface area contributed by atoms with Gasteiger partial charge in [-0.3, -0.25) is 9.36 Å². The van der Waals surface area contributed by atoms with Gasteiger partial charge in [0.2, 0.25) is 5.95 Å². The summed E-state index contributed by atoms with van der Waals surface area (Å²) in [5, 5.41) is 4.18. The van der Waals surface area contributed by atoms with E-state index < -0.39 is 0 Å². The van der Waals surface area contributed by atoms with Gasteiger partial charge in [-0.15, -0.1) is 0 Å². The number of fused-ring (bicyclic) bond motifs is 1. The van der Waals surface area contributed by atoms with E-state index in [-0.39, 0.29) is 11.6 Å². The highest BCUT2D eigenvalue weighted by Gasteiger charge is 2.16. The van der Waals surface area contributed by atoms with E-state index in [1.807, 2.05) is 4.57 Å². The lowest BCUT2D eigenvalue weighted by Gasteiger charge is -2.32. The molecule has 3 aromatic rings. The van der Waals surface area contributed by atoms with Crippen LogP contribution in [0, 0.1) is 5.92 Å². The zero-order chi connectivity index (χ0) is 21.1. The molecular weight excluding hydrogens is 374 g/mol. The van der Waals surface area contributed by atoms with Gasteiger partial charge in [0.25, 0.3) is 5.56 Å². The van der Waals surface area contributed by atoms with Crippen molar-refractivity contribution in [3.05, 3.63) is 52.9 Å². The van der Waals surface area contributed by atoms with Crippen molar-refractivity contribution in [3.8, 4) is 0 Å². The molecule has 6 heteroatoms. The Hall–Kier alpha value is -2.89. The van der Waals surface area contributed by atoms with Crippen LogP contribution in [0.3, 0.4) is 0 Å². The average molecular weight is 406 g/mol. The molecule has 0 saturated carbocycles. The van der Waals surface area contributed by atoms with Crippen molar-refractivity contribution in [1.29, 1.82) is 0 Å². The molecule has 1 aliphatic heterocycles. The summed E-state index contributed by atoms with van der Waals surface area (Å²) in [5.74, 6) is 1.33. The molecule has 0 atom stereocenters. The molecule has 158 valence electrons. The average Bonchev–Trinajstić information content (AvgIpc) is 2.77. The molecule has 0 bridgehead atoms. The van der Waals surface area contributed by atoms with Crippen LogP contribution in [0.5, 0.6) is 0 Å². The SMILES string of the molecule is CCC(CC)n1c(=O)ccc2cnc(Nc3ccc(N4CCC(C)CC4)cc3)nc21. The number of aromatic nitrogens is 3. The molecule has 30 heavy (non-hydrogen) atoms. The van der Waals surface area contributed by atoms with Crippen molar-refractivity contribution in [2.45, 2.75) is 52.5 Å². The van der Waals surface area contributed by atoms with Gasteiger partial charge in [-0.2, -0.15) is 4.98 Å². The largest absolute Gasteiger partial charge is 0.372 e. The summed E-state index contributed by atoms with van der Waals surface area (Å²) >= 11 is 0. The number of hydrogen-bond donors (Lipinski definition) is 1. The molecule has 3 heterocycles. The molecule has 1 saturated heterocycles. The first kappa shape index (κ1) is 20.4. The van der Waals surface area contributed by atoms with Crippen molar-refractivity contribution >= 4 is 28.4 Å². The maximum Gasteiger partial charge on any atom is 0.252 e. The van der Waals surface area contributed by atoms with Crippen LogP contribution in [0.15, 0.2) is 47.4 Å². The van der Waals surface area contributed by atoms with Gasteiger partial charge in [-0.1, -0.05) is 20.8 Å². The Morgan fingerprint density at radius 1 is 1.07 bits per heavy atom. The summed E-state index contributed by atoms with van der Waals surface area (Å²) < 4.78 is 1.81. The van der Waals surface area contributed by atoms with Crippen molar-refractivity contribution in [2.24, 2.45) is 5.92 Å². The topological polar surface area (TPSA) is 63.1 Å². The van der Waals surface area contributed by atoms with Gasteiger partial charge in [-0.25, -0.2) is 4.98 Å². The molecule has 2 aromatic heterocycles. The Labute approximate surface area is 178 Å². The normalized spacial score (nSPS) is 15.1. The third kappa shape index (κ3) is 4.18. The summed E-state index contributed by atoms with van der Waals surface area (Å²) in [6, 6.07) is 12.0. The first-order valence-electron chi connectivity index (χ1n) is 11.1. The fraction of sp³-hybridized carbons (Fsp3) is 0.458. The smallest absolute Gasteiger partial charge is 0.252 e. The van der Waals surface area contributed by atoms with Gasteiger partial charge >= 0.3 is 0 Å². The quantitative estimate of drug-likeness (QED) is 0.616. The monoisotopic (exact) mass is 405 g/mol. The van der Waals surface area contributed by atoms with Crippen LogP contribution >= 0.6 is 0 Å². The Balaban J connectivity index is 1.58. The van der Waals surface area contributed by atoms with Crippen LogP contribution in [0.2, 0.25) is 0 Å². The third-order valence-electron chi connectivity index (χ3n) is 6.25. The number of benzene rings is 1. The number of piperidine rings is 1. The number of hydrogen-bond acceptors (Lipinski definition) is 5. The van der Waals surface area contributed by atoms with E-state index in [1.165, 1.54) is 18.5 Å². The number of anilines is 3. The summed E-state index contributed by atoms with van der Waals surface area (Å²) in [4.78, 5) is 24.2. The predicted octanol–water partition coefficient (Wildman–Crippen LogP) is 5.13. The Kier molecular flexibility index (Phi) is 6.02. The number of rotatable bonds is 6. The second kappa shape index (κ2) is 8.86. The van der Waals surface area contributed by atoms with Crippen LogP contribution < -0.4 is 15.8 Å². The van der Waals surface area contributed by atoms with Gasteiger partial charge in [0.05, 0.1) is 0 Å². The molecule has 1 aromatic carbocycles. The molecule has 1 fully saturated rings. The van der Waals surface area contributed by atoms with Crippen molar-refractivity contribution in [2.75, 3.05) is 23.3 Å². The Bertz CT molecular complexity index is 1050.